The number of primary amides is 1. The van der Waals surface area contributed by atoms with Gasteiger partial charge in [-0.1, -0.05) is 42.1 Å². The van der Waals surface area contributed by atoms with Gasteiger partial charge in [-0.25, -0.2) is 4.98 Å². The van der Waals surface area contributed by atoms with Crippen LogP contribution in [0.4, 0.5) is 0 Å². The number of pyridine rings is 1. The van der Waals surface area contributed by atoms with Crippen LogP contribution in [-0.2, 0) is 17.6 Å². The molecule has 0 fully saturated rings. The van der Waals surface area contributed by atoms with Crippen LogP contribution < -0.4 is 5.73 Å². The monoisotopic (exact) mass is 323 g/mol. The lowest BCUT2D eigenvalue weighted by Crippen LogP contribution is -2.16. The first-order chi connectivity index (χ1) is 11.2. The molecule has 1 aromatic heterocycles. The second kappa shape index (κ2) is 6.84. The number of carbonyl (C=O) groups is 1. The third-order valence-electron chi connectivity index (χ3n) is 4.09. The van der Waals surface area contributed by atoms with Gasteiger partial charge in [0.25, 0.3) is 0 Å². The maximum Gasteiger partial charge on any atom is 0.227 e. The molecule has 1 aliphatic carbocycles. The van der Waals surface area contributed by atoms with E-state index in [-0.39, 0.29) is 5.75 Å². The number of nitrogens with zero attached hydrogens (tertiary/aromatic N) is 2. The van der Waals surface area contributed by atoms with Crippen LogP contribution in [0.5, 0.6) is 0 Å². The highest BCUT2D eigenvalue weighted by molar-refractivity contribution is 7.99. The zero-order valence-corrected chi connectivity index (χ0v) is 13.5. The number of fused-ring (bicyclic) bond motifs is 1. The van der Waals surface area contributed by atoms with Crippen LogP contribution in [0.25, 0.3) is 0 Å². The summed E-state index contributed by atoms with van der Waals surface area (Å²) in [5, 5.41) is 9.96. The van der Waals surface area contributed by atoms with Gasteiger partial charge in [0.2, 0.25) is 5.91 Å². The van der Waals surface area contributed by atoms with E-state index in [1.807, 2.05) is 12.1 Å². The molecule has 2 N–H and O–H groups in total. The Morgan fingerprint density at radius 1 is 1.39 bits per heavy atom. The van der Waals surface area contributed by atoms with Gasteiger partial charge in [-0.05, 0) is 42.4 Å². The summed E-state index contributed by atoms with van der Waals surface area (Å²) in [4.78, 5) is 15.6. The van der Waals surface area contributed by atoms with Crippen LogP contribution in [0.3, 0.4) is 0 Å². The minimum absolute atomic E-state index is 0.146. The van der Waals surface area contributed by atoms with Crippen molar-refractivity contribution < 1.29 is 4.79 Å². The van der Waals surface area contributed by atoms with Crippen LogP contribution in [0.2, 0.25) is 0 Å². The molecule has 2 aromatic rings. The Labute approximate surface area is 139 Å². The number of nitriles is 1. The van der Waals surface area contributed by atoms with E-state index in [1.165, 1.54) is 17.3 Å². The predicted octanol–water partition coefficient (Wildman–Crippen LogP) is 2.80. The topological polar surface area (TPSA) is 79.8 Å². The van der Waals surface area contributed by atoms with E-state index >= 15 is 0 Å². The SMILES string of the molecule is N#Cc1cc2c(nc1SCC(N)=O)CCC(c1ccccc1)C2. The molecule has 4 nitrogen and oxygen atoms in total. The molecule has 116 valence electrons. The third-order valence-corrected chi connectivity index (χ3v) is 5.11. The van der Waals surface area contributed by atoms with Crippen LogP contribution >= 0.6 is 11.8 Å². The molecule has 1 unspecified atom stereocenters. The third kappa shape index (κ3) is 3.54. The second-order valence-electron chi connectivity index (χ2n) is 5.66. The van der Waals surface area contributed by atoms with E-state index in [0.29, 0.717) is 16.5 Å². The summed E-state index contributed by atoms with van der Waals surface area (Å²) in [5.74, 6) is 0.219. The number of carbonyl (C=O) groups excluding carboxylic acids is 1. The summed E-state index contributed by atoms with van der Waals surface area (Å²) in [5.41, 5.74) is 9.24. The number of aryl methyl sites for hydroxylation is 1. The summed E-state index contributed by atoms with van der Waals surface area (Å²) < 4.78 is 0. The van der Waals surface area contributed by atoms with Gasteiger partial charge in [0.15, 0.2) is 0 Å². The molecule has 0 spiro atoms. The van der Waals surface area contributed by atoms with Crippen molar-refractivity contribution in [1.29, 1.82) is 5.26 Å². The molecule has 1 heterocycles. The number of amides is 1. The fraction of sp³-hybridized carbons (Fsp3) is 0.278. The van der Waals surface area contributed by atoms with Gasteiger partial charge in [-0.3, -0.25) is 4.79 Å². The number of rotatable bonds is 4. The van der Waals surface area contributed by atoms with Crippen molar-refractivity contribution in [3.05, 3.63) is 58.8 Å². The highest BCUT2D eigenvalue weighted by Gasteiger charge is 2.23. The standard InChI is InChI=1S/C18H17N3OS/c19-10-15-9-14-8-13(12-4-2-1-3-5-12)6-7-16(14)21-18(15)23-11-17(20)22/h1-5,9,13H,6-8,11H2,(H2,20,22). The van der Waals surface area contributed by atoms with Gasteiger partial charge < -0.3 is 5.73 Å². The number of hydrogen-bond acceptors (Lipinski definition) is 4. The highest BCUT2D eigenvalue weighted by atomic mass is 32.2. The summed E-state index contributed by atoms with van der Waals surface area (Å²) >= 11 is 1.24. The first-order valence-corrected chi connectivity index (χ1v) is 8.55. The first-order valence-electron chi connectivity index (χ1n) is 7.56. The largest absolute Gasteiger partial charge is 0.369 e. The van der Waals surface area contributed by atoms with Crippen LogP contribution in [0.1, 0.15) is 34.7 Å². The van der Waals surface area contributed by atoms with E-state index in [0.717, 1.165) is 30.5 Å². The molecule has 0 bridgehead atoms. The summed E-state index contributed by atoms with van der Waals surface area (Å²) in [6, 6.07) is 14.6. The van der Waals surface area contributed by atoms with E-state index in [2.05, 4.69) is 35.3 Å². The Hall–Kier alpha value is -2.32. The van der Waals surface area contributed by atoms with Crippen molar-refractivity contribution in [1.82, 2.24) is 4.98 Å². The lowest BCUT2D eigenvalue weighted by molar-refractivity contribution is -0.115. The number of hydrogen-bond donors (Lipinski definition) is 1. The van der Waals surface area contributed by atoms with Crippen molar-refractivity contribution in [2.24, 2.45) is 5.73 Å². The van der Waals surface area contributed by atoms with Gasteiger partial charge in [0.1, 0.15) is 11.1 Å². The molecule has 0 aliphatic heterocycles. The zero-order chi connectivity index (χ0) is 16.2. The first kappa shape index (κ1) is 15.6. The average molecular weight is 323 g/mol. The maximum atomic E-state index is 11.0. The van der Waals surface area contributed by atoms with Crippen LogP contribution in [0.15, 0.2) is 41.4 Å². The Bertz CT molecular complexity index is 768. The quantitative estimate of drug-likeness (QED) is 0.877. The Morgan fingerprint density at radius 3 is 2.87 bits per heavy atom. The van der Waals surface area contributed by atoms with Crippen LogP contribution in [-0.4, -0.2) is 16.6 Å². The van der Waals surface area contributed by atoms with Crippen molar-refractivity contribution in [3.8, 4) is 6.07 Å². The molecule has 5 heteroatoms. The van der Waals surface area contributed by atoms with E-state index in [1.54, 1.807) is 0 Å². The fourth-order valence-corrected chi connectivity index (χ4v) is 3.70. The van der Waals surface area contributed by atoms with Gasteiger partial charge in [0, 0.05) is 5.69 Å². The molecule has 3 rings (SSSR count). The Kier molecular flexibility index (Phi) is 4.63. The molecule has 1 aromatic carbocycles. The normalized spacial score (nSPS) is 16.4. The Morgan fingerprint density at radius 2 is 2.17 bits per heavy atom. The molecular weight excluding hydrogens is 306 g/mol. The number of nitrogens with two attached hydrogens (primary N) is 1. The molecule has 0 saturated carbocycles. The number of aromatic nitrogens is 1. The molecule has 0 radical (unpaired) electrons. The molecule has 1 amide bonds. The van der Waals surface area contributed by atoms with Gasteiger partial charge in [-0.15, -0.1) is 0 Å². The van der Waals surface area contributed by atoms with Crippen molar-refractivity contribution >= 4 is 17.7 Å². The van der Waals surface area contributed by atoms with E-state index < -0.39 is 5.91 Å². The maximum absolute atomic E-state index is 11.0. The summed E-state index contributed by atoms with van der Waals surface area (Å²) in [7, 11) is 0. The average Bonchev–Trinajstić information content (AvgIpc) is 2.59. The van der Waals surface area contributed by atoms with Gasteiger partial charge in [0.05, 0.1) is 11.3 Å². The molecule has 1 aliphatic rings. The van der Waals surface area contributed by atoms with Crippen molar-refractivity contribution in [2.45, 2.75) is 30.2 Å². The van der Waals surface area contributed by atoms with E-state index in [4.69, 9.17) is 5.73 Å². The number of thioether (sulfide) groups is 1. The predicted molar refractivity (Wildman–Crippen MR) is 90.1 cm³/mol. The molecule has 23 heavy (non-hydrogen) atoms. The summed E-state index contributed by atoms with van der Waals surface area (Å²) in [6.07, 6.45) is 2.85. The van der Waals surface area contributed by atoms with Gasteiger partial charge >= 0.3 is 0 Å². The Balaban J connectivity index is 1.86. The molecule has 1 atom stereocenters. The highest BCUT2D eigenvalue weighted by Crippen LogP contribution is 2.34. The zero-order valence-electron chi connectivity index (χ0n) is 12.7. The lowest BCUT2D eigenvalue weighted by Gasteiger charge is -2.25. The van der Waals surface area contributed by atoms with Crippen molar-refractivity contribution in [2.75, 3.05) is 5.75 Å². The summed E-state index contributed by atoms with van der Waals surface area (Å²) in [6.45, 7) is 0. The second-order valence-corrected chi connectivity index (χ2v) is 6.63. The number of benzene rings is 1. The fourth-order valence-electron chi connectivity index (χ4n) is 2.98. The minimum atomic E-state index is -0.400. The van der Waals surface area contributed by atoms with Crippen molar-refractivity contribution in [3.63, 3.8) is 0 Å². The minimum Gasteiger partial charge on any atom is -0.369 e. The molecule has 0 saturated heterocycles. The van der Waals surface area contributed by atoms with Crippen LogP contribution in [0, 0.1) is 11.3 Å². The smallest absolute Gasteiger partial charge is 0.227 e. The van der Waals surface area contributed by atoms with Gasteiger partial charge in [-0.2, -0.15) is 5.26 Å². The molecular formula is C18H17N3OS. The lowest BCUT2D eigenvalue weighted by atomic mass is 9.82. The van der Waals surface area contributed by atoms with E-state index in [9.17, 15) is 10.1 Å².